The van der Waals surface area contributed by atoms with Crippen LogP contribution in [0.15, 0.2) is 53.9 Å². The highest BCUT2D eigenvalue weighted by molar-refractivity contribution is 7.54. The summed E-state index contributed by atoms with van der Waals surface area (Å²) in [6.07, 6.45) is 2.53. The van der Waals surface area contributed by atoms with E-state index in [1.165, 1.54) is 37.3 Å². The zero-order valence-corrected chi connectivity index (χ0v) is 34.6. The van der Waals surface area contributed by atoms with Gasteiger partial charge in [0.05, 0.1) is 29.8 Å². The molecule has 0 radical (unpaired) electrons. The summed E-state index contributed by atoms with van der Waals surface area (Å²) in [5.41, 5.74) is 2.44. The Balaban J connectivity index is 1.18. The predicted octanol–water partition coefficient (Wildman–Crippen LogP) is 6.96. The molecule has 0 aliphatic carbocycles. The summed E-state index contributed by atoms with van der Waals surface area (Å²) in [6.45, 7) is 3.06. The van der Waals surface area contributed by atoms with Gasteiger partial charge in [-0.1, -0.05) is 29.8 Å². The monoisotopic (exact) mass is 864 g/mol. The van der Waals surface area contributed by atoms with Gasteiger partial charge in [0.15, 0.2) is 0 Å². The number of benzene rings is 2. The number of nitrogens with zero attached hydrogens (tertiary/aromatic N) is 2. The van der Waals surface area contributed by atoms with E-state index >= 15 is 8.78 Å². The molecule has 4 aromatic rings. The van der Waals surface area contributed by atoms with Crippen molar-refractivity contribution in [2.75, 3.05) is 26.3 Å². The molecule has 4 amide bonds. The Morgan fingerprint density at radius 2 is 1.84 bits per heavy atom. The number of rotatable bonds is 16. The maximum Gasteiger partial charge on any atom is 0.404 e. The van der Waals surface area contributed by atoms with E-state index in [0.29, 0.717) is 64.5 Å². The molecule has 0 bridgehead atoms. The second-order valence-corrected chi connectivity index (χ2v) is 18.2. The predicted molar refractivity (Wildman–Crippen MR) is 215 cm³/mol. The molecule has 2 aliphatic heterocycles. The Bertz CT molecular complexity index is 2140. The smallest absolute Gasteiger partial charge is 0.370 e. The molecule has 13 nitrogen and oxygen atoms in total. The lowest BCUT2D eigenvalue weighted by Gasteiger charge is -2.35. The molecule has 0 unspecified atom stereocenters. The first-order valence-corrected chi connectivity index (χ1v) is 22.3. The van der Waals surface area contributed by atoms with Crippen molar-refractivity contribution in [1.82, 2.24) is 25.8 Å². The van der Waals surface area contributed by atoms with Crippen molar-refractivity contribution in [3.05, 3.63) is 74.4 Å². The third kappa shape index (κ3) is 9.56. The van der Waals surface area contributed by atoms with Crippen LogP contribution in [0.5, 0.6) is 0 Å². The van der Waals surface area contributed by atoms with E-state index in [2.05, 4.69) is 16.0 Å². The van der Waals surface area contributed by atoms with Crippen LogP contribution in [0, 0.1) is 0 Å². The lowest BCUT2D eigenvalue weighted by molar-refractivity contribution is -0.142. The van der Waals surface area contributed by atoms with Crippen LogP contribution in [0.25, 0.3) is 21.3 Å². The van der Waals surface area contributed by atoms with E-state index < -0.39 is 54.7 Å². The molecule has 0 spiro atoms. The Morgan fingerprint density at radius 1 is 1.11 bits per heavy atom. The van der Waals surface area contributed by atoms with Crippen LogP contribution >= 0.6 is 41.9 Å². The van der Waals surface area contributed by atoms with Crippen LogP contribution in [0.1, 0.15) is 78.7 Å². The number of thiophene rings is 1. The van der Waals surface area contributed by atoms with Crippen molar-refractivity contribution in [3.8, 4) is 11.3 Å². The molecular weight excluding hydrogens is 821 g/mol. The minimum absolute atomic E-state index is 0.107. The molecule has 2 aromatic heterocycles. The Morgan fingerprint density at radius 3 is 2.54 bits per heavy atom. The number of hydrogen-bond donors (Lipinski definition) is 4. The first-order chi connectivity index (χ1) is 27.2. The first-order valence-electron chi connectivity index (χ1n) is 18.7. The number of thiazole rings is 1. The summed E-state index contributed by atoms with van der Waals surface area (Å²) in [5.74, 6) is -1.84. The quantitative estimate of drug-likeness (QED) is 0.0866. The third-order valence-corrected chi connectivity index (χ3v) is 14.4. The number of hydrogen-bond acceptors (Lipinski definition) is 11. The molecule has 57 heavy (non-hydrogen) atoms. The van der Waals surface area contributed by atoms with Crippen molar-refractivity contribution in [2.45, 2.75) is 82.2 Å². The molecule has 6 rings (SSSR count). The van der Waals surface area contributed by atoms with E-state index in [4.69, 9.17) is 31.4 Å². The molecule has 0 saturated carbocycles. The maximum absolute atomic E-state index is 15.5. The van der Waals surface area contributed by atoms with Gasteiger partial charge in [-0.15, -0.1) is 22.7 Å². The van der Waals surface area contributed by atoms with Gasteiger partial charge in [-0.25, -0.2) is 4.98 Å². The molecule has 4 heterocycles. The third-order valence-electron chi connectivity index (χ3n) is 9.89. The number of alkyl halides is 2. The Hall–Kier alpha value is -3.83. The molecule has 2 aliphatic rings. The van der Waals surface area contributed by atoms with Crippen LogP contribution in [0.4, 0.5) is 8.78 Å². The van der Waals surface area contributed by atoms with Gasteiger partial charge < -0.3 is 35.6 Å². The Kier molecular flexibility index (Phi) is 13.8. The van der Waals surface area contributed by atoms with E-state index in [-0.39, 0.29) is 43.0 Å². The second-order valence-electron chi connectivity index (χ2n) is 13.7. The molecule has 19 heteroatoms. The molecule has 306 valence electrons. The number of nitrogens with one attached hydrogen (secondary N) is 3. The molecule has 4 atom stereocenters. The molecule has 2 fully saturated rings. The van der Waals surface area contributed by atoms with Crippen LogP contribution in [0.2, 0.25) is 5.02 Å². The molecule has 5 N–H and O–H groups in total. The van der Waals surface area contributed by atoms with E-state index in [1.54, 1.807) is 17.0 Å². The molecule has 2 aromatic carbocycles. The van der Waals surface area contributed by atoms with Gasteiger partial charge in [-0.2, -0.15) is 8.78 Å². The van der Waals surface area contributed by atoms with Crippen LogP contribution in [0.3, 0.4) is 0 Å². The number of carbonyl (C=O) groups excluding carboxylic acids is 4. The van der Waals surface area contributed by atoms with Gasteiger partial charge in [-0.3, -0.25) is 23.7 Å². The fourth-order valence-electron chi connectivity index (χ4n) is 7.13. The highest BCUT2D eigenvalue weighted by Crippen LogP contribution is 2.67. The topological polar surface area (TPSA) is 182 Å². The van der Waals surface area contributed by atoms with E-state index in [1.807, 2.05) is 17.5 Å². The normalized spacial score (nSPS) is 19.5. The number of aromatic nitrogens is 1. The molecular formula is C38H44ClF2N6O7PS2. The lowest BCUT2D eigenvalue weighted by atomic mass is 10.1. The number of halogens is 3. The average molecular weight is 865 g/mol. The summed E-state index contributed by atoms with van der Waals surface area (Å²) >= 11 is 8.49. The summed E-state index contributed by atoms with van der Waals surface area (Å²) in [6, 6.07) is 9.71. The number of nitrogens with two attached hydrogens (primary N) is 1. The average Bonchev–Trinajstić information content (AvgIpc) is 3.94. The minimum Gasteiger partial charge on any atom is -0.370 e. The number of primary amides is 1. The van der Waals surface area contributed by atoms with Crippen LogP contribution < -0.4 is 21.7 Å². The number of fused-ring (bicyclic) bond motifs is 2. The van der Waals surface area contributed by atoms with Gasteiger partial charge in [0.1, 0.15) is 17.1 Å². The minimum atomic E-state index is -4.85. The zero-order valence-electron chi connectivity index (χ0n) is 31.3. The van der Waals surface area contributed by atoms with Gasteiger partial charge in [0.25, 0.3) is 5.91 Å². The van der Waals surface area contributed by atoms with Crippen molar-refractivity contribution in [2.24, 2.45) is 5.73 Å². The standard InChI is InChI=1S/C38H44ClF2N6O7PS2/c1-3-53-55(52,54-4-2)38(40,41)24-10-15-31-23(18-24)19-32(57-31)35(50)45-28-20-43-17-16-26-13-14-30(47(26)37(28)51)34(49)44-27(6-5-7-33(42)48)36-46-29(21-56-36)22-8-11-25(39)12-9-22/h8-12,15,18-19,21,26-28,30,43H,3-7,13-14,16-17,20H2,1-2H3,(H2,42,48)(H,44,49)(H,45,50)/t26-,27+,28+,30+/m1/s1. The van der Waals surface area contributed by atoms with Gasteiger partial charge in [0, 0.05) is 45.2 Å². The highest BCUT2D eigenvalue weighted by atomic mass is 35.5. The fourth-order valence-corrected chi connectivity index (χ4v) is 10.6. The molecule has 2 saturated heterocycles. The second kappa shape index (κ2) is 18.4. The summed E-state index contributed by atoms with van der Waals surface area (Å²) < 4.78 is 54.4. The van der Waals surface area contributed by atoms with E-state index in [9.17, 15) is 23.7 Å². The van der Waals surface area contributed by atoms with Gasteiger partial charge in [-0.05, 0) is 88.2 Å². The fraction of sp³-hybridized carbons (Fsp3) is 0.447. The summed E-state index contributed by atoms with van der Waals surface area (Å²) in [7, 11) is -4.85. The van der Waals surface area contributed by atoms with Crippen molar-refractivity contribution < 1.29 is 41.6 Å². The van der Waals surface area contributed by atoms with E-state index in [0.717, 1.165) is 29.0 Å². The van der Waals surface area contributed by atoms with Crippen molar-refractivity contribution >= 4 is 75.6 Å². The lowest BCUT2D eigenvalue weighted by Crippen LogP contribution is -2.60. The SMILES string of the molecule is CCOP(=O)(OCC)C(F)(F)c1ccc2sc(C(=O)N[C@H]3CNCC[C@H]4CC[C@@H](C(=O)N[C@@H](CCCC(N)=O)c5nc(-c6ccc(Cl)cc6)cs5)N4C3=O)cc2c1. The largest absolute Gasteiger partial charge is 0.404 e. The van der Waals surface area contributed by atoms with Crippen molar-refractivity contribution in [1.29, 1.82) is 0 Å². The zero-order chi connectivity index (χ0) is 40.9. The Labute approximate surface area is 341 Å². The van der Waals surface area contributed by atoms with Crippen molar-refractivity contribution in [3.63, 3.8) is 0 Å². The summed E-state index contributed by atoms with van der Waals surface area (Å²) in [5, 5.41) is 12.6. The number of carbonyl (C=O) groups is 4. The number of amides is 4. The van der Waals surface area contributed by atoms with Gasteiger partial charge in [0.2, 0.25) is 17.7 Å². The van der Waals surface area contributed by atoms with Crippen LogP contribution in [-0.2, 0) is 33.7 Å². The highest BCUT2D eigenvalue weighted by Gasteiger charge is 2.55. The first kappa shape index (κ1) is 42.8. The van der Waals surface area contributed by atoms with Crippen LogP contribution in [-0.4, -0.2) is 77.9 Å². The summed E-state index contributed by atoms with van der Waals surface area (Å²) in [4.78, 5) is 60.1. The maximum atomic E-state index is 15.5. The van der Waals surface area contributed by atoms with Gasteiger partial charge >= 0.3 is 13.3 Å².